The zero-order valence-electron chi connectivity index (χ0n) is 23.3. The van der Waals surface area contributed by atoms with Crippen LogP contribution in [-0.4, -0.2) is 51.9 Å². The van der Waals surface area contributed by atoms with E-state index in [1.165, 1.54) is 24.1 Å². The monoisotopic (exact) mass is 605 g/mol. The Hall–Kier alpha value is -4.34. The van der Waals surface area contributed by atoms with Crippen molar-refractivity contribution in [3.63, 3.8) is 0 Å². The molecule has 0 aromatic heterocycles. The summed E-state index contributed by atoms with van der Waals surface area (Å²) in [6, 6.07) is 29.8. The maximum atomic E-state index is 14.3. The van der Waals surface area contributed by atoms with Crippen molar-refractivity contribution in [2.24, 2.45) is 0 Å². The molecule has 0 unspecified atom stereocenters. The second-order valence-electron chi connectivity index (χ2n) is 9.47. The third kappa shape index (κ3) is 7.29. The van der Waals surface area contributed by atoms with E-state index in [1.807, 2.05) is 36.4 Å². The number of ether oxygens (including phenoxy) is 1. The highest BCUT2D eigenvalue weighted by Crippen LogP contribution is 2.31. The summed E-state index contributed by atoms with van der Waals surface area (Å²) in [5.41, 5.74) is 1.70. The highest BCUT2D eigenvalue weighted by molar-refractivity contribution is 7.92. The maximum absolute atomic E-state index is 14.3. The lowest BCUT2D eigenvalue weighted by Gasteiger charge is -2.33. The third-order valence-corrected chi connectivity index (χ3v) is 8.83. The largest absolute Gasteiger partial charge is 0.497 e. The number of anilines is 1. The second-order valence-corrected chi connectivity index (χ2v) is 11.7. The first-order chi connectivity index (χ1) is 20.2. The van der Waals surface area contributed by atoms with Crippen LogP contribution in [0.3, 0.4) is 0 Å². The van der Waals surface area contributed by atoms with Crippen molar-refractivity contribution < 1.29 is 22.7 Å². The van der Waals surface area contributed by atoms with Crippen molar-refractivity contribution >= 4 is 39.1 Å². The van der Waals surface area contributed by atoms with Crippen LogP contribution in [0.25, 0.3) is 0 Å². The van der Waals surface area contributed by atoms with Gasteiger partial charge in [-0.15, -0.1) is 0 Å². The molecule has 0 fully saturated rings. The van der Waals surface area contributed by atoms with Crippen LogP contribution in [-0.2, 0) is 32.6 Å². The van der Waals surface area contributed by atoms with Gasteiger partial charge in [-0.25, -0.2) is 8.42 Å². The maximum Gasteiger partial charge on any atom is 0.264 e. The summed E-state index contributed by atoms with van der Waals surface area (Å²) in [5.74, 6) is -0.379. The molecule has 0 spiro atoms. The lowest BCUT2D eigenvalue weighted by molar-refractivity contribution is -0.139. The summed E-state index contributed by atoms with van der Waals surface area (Å²) in [7, 11) is -1.17. The molecule has 10 heteroatoms. The van der Waals surface area contributed by atoms with E-state index in [2.05, 4.69) is 5.32 Å². The number of carbonyl (C=O) groups is 2. The molecular formula is C32H32ClN3O5S. The molecule has 4 rings (SSSR count). The van der Waals surface area contributed by atoms with Crippen molar-refractivity contribution in [1.29, 1.82) is 0 Å². The van der Waals surface area contributed by atoms with E-state index in [9.17, 15) is 18.0 Å². The number of nitrogens with zero attached hydrogens (tertiary/aromatic N) is 2. The van der Waals surface area contributed by atoms with E-state index in [-0.39, 0.29) is 34.5 Å². The summed E-state index contributed by atoms with van der Waals surface area (Å²) in [5, 5.41) is 2.83. The van der Waals surface area contributed by atoms with Crippen molar-refractivity contribution in [3.8, 4) is 5.75 Å². The number of hydrogen-bond donors (Lipinski definition) is 1. The standard InChI is InChI=1S/C32H32ClN3O5S/c1-34-32(38)30(21-24-12-5-3-6-13-24)35(22-25-14-11-15-26(20-25)41-2)31(37)23-36(29-19-10-9-18-28(29)33)42(39,40)27-16-7-4-8-17-27/h3-20,30H,21-23H2,1-2H3,(H,34,38)/t30-/m0/s1. The quantitative estimate of drug-likeness (QED) is 0.247. The molecule has 4 aromatic rings. The Bertz CT molecular complexity index is 1620. The van der Waals surface area contributed by atoms with Gasteiger partial charge in [0.05, 0.1) is 22.7 Å². The van der Waals surface area contributed by atoms with Crippen LogP contribution in [0.15, 0.2) is 114 Å². The molecule has 42 heavy (non-hydrogen) atoms. The number of amides is 2. The van der Waals surface area contributed by atoms with E-state index in [0.717, 1.165) is 9.87 Å². The van der Waals surface area contributed by atoms with Gasteiger partial charge in [0, 0.05) is 20.0 Å². The average molecular weight is 606 g/mol. The number of rotatable bonds is 12. The summed E-state index contributed by atoms with van der Waals surface area (Å²) in [6.07, 6.45) is 0.216. The van der Waals surface area contributed by atoms with Gasteiger partial charge < -0.3 is 15.0 Å². The Morgan fingerprint density at radius 2 is 1.48 bits per heavy atom. The molecule has 1 atom stereocenters. The zero-order valence-corrected chi connectivity index (χ0v) is 24.9. The summed E-state index contributed by atoms with van der Waals surface area (Å²) in [6.45, 7) is -0.560. The Morgan fingerprint density at radius 3 is 2.12 bits per heavy atom. The minimum atomic E-state index is -4.22. The molecule has 0 saturated carbocycles. The van der Waals surface area contributed by atoms with E-state index < -0.39 is 28.5 Å². The molecule has 0 aliphatic heterocycles. The van der Waals surface area contributed by atoms with Crippen LogP contribution in [0.1, 0.15) is 11.1 Å². The minimum absolute atomic E-state index is 0.00389. The van der Waals surface area contributed by atoms with Gasteiger partial charge in [0.1, 0.15) is 18.3 Å². The number of carbonyl (C=O) groups excluding carboxylic acids is 2. The van der Waals surface area contributed by atoms with E-state index >= 15 is 0 Å². The molecule has 0 heterocycles. The third-order valence-electron chi connectivity index (χ3n) is 6.74. The number of nitrogens with one attached hydrogen (secondary N) is 1. The molecule has 218 valence electrons. The number of halogens is 1. The van der Waals surface area contributed by atoms with Crippen LogP contribution in [0, 0.1) is 0 Å². The average Bonchev–Trinajstić information content (AvgIpc) is 3.02. The van der Waals surface area contributed by atoms with Gasteiger partial charge >= 0.3 is 0 Å². The number of methoxy groups -OCH3 is 1. The fraction of sp³-hybridized carbons (Fsp3) is 0.188. The van der Waals surface area contributed by atoms with Gasteiger partial charge in [0.25, 0.3) is 10.0 Å². The molecule has 0 aliphatic carbocycles. The van der Waals surface area contributed by atoms with Gasteiger partial charge in [0.15, 0.2) is 0 Å². The fourth-order valence-electron chi connectivity index (χ4n) is 4.58. The molecule has 0 bridgehead atoms. The summed E-state index contributed by atoms with van der Waals surface area (Å²) >= 11 is 6.47. The van der Waals surface area contributed by atoms with E-state index in [1.54, 1.807) is 67.8 Å². The van der Waals surface area contributed by atoms with Crippen LogP contribution in [0.5, 0.6) is 5.75 Å². The molecule has 0 radical (unpaired) electrons. The topological polar surface area (TPSA) is 96.0 Å². The van der Waals surface area contributed by atoms with Gasteiger partial charge in [-0.2, -0.15) is 0 Å². The van der Waals surface area contributed by atoms with Gasteiger partial charge in [-0.3, -0.25) is 13.9 Å². The fourth-order valence-corrected chi connectivity index (χ4v) is 6.32. The summed E-state index contributed by atoms with van der Waals surface area (Å²) < 4.78 is 34.2. The Kier molecular flexibility index (Phi) is 10.2. The molecule has 8 nitrogen and oxygen atoms in total. The van der Waals surface area contributed by atoms with Crippen molar-refractivity contribution in [3.05, 3.63) is 125 Å². The number of benzene rings is 4. The lowest BCUT2D eigenvalue weighted by atomic mass is 10.0. The minimum Gasteiger partial charge on any atom is -0.497 e. The first-order valence-corrected chi connectivity index (χ1v) is 15.1. The predicted octanol–water partition coefficient (Wildman–Crippen LogP) is 4.93. The van der Waals surface area contributed by atoms with Gasteiger partial charge in [-0.1, -0.05) is 84.4 Å². The van der Waals surface area contributed by atoms with Gasteiger partial charge in [0.2, 0.25) is 11.8 Å². The molecule has 4 aromatic carbocycles. The molecular weight excluding hydrogens is 574 g/mol. The van der Waals surface area contributed by atoms with Crippen LogP contribution in [0.2, 0.25) is 5.02 Å². The molecule has 2 amide bonds. The normalized spacial score (nSPS) is 11.8. The van der Waals surface area contributed by atoms with Crippen LogP contribution < -0.4 is 14.4 Å². The molecule has 1 N–H and O–H groups in total. The van der Waals surface area contributed by atoms with Crippen LogP contribution >= 0.6 is 11.6 Å². The smallest absolute Gasteiger partial charge is 0.264 e. The van der Waals surface area contributed by atoms with Crippen molar-refractivity contribution in [2.45, 2.75) is 23.9 Å². The SMILES string of the molecule is CNC(=O)[C@H](Cc1ccccc1)N(Cc1cccc(OC)c1)C(=O)CN(c1ccccc1Cl)S(=O)(=O)c1ccccc1. The van der Waals surface area contributed by atoms with E-state index in [4.69, 9.17) is 16.3 Å². The molecule has 0 aliphatic rings. The first-order valence-electron chi connectivity index (χ1n) is 13.2. The van der Waals surface area contributed by atoms with Crippen LogP contribution in [0.4, 0.5) is 5.69 Å². The number of para-hydroxylation sites is 1. The Labute approximate surface area is 251 Å². The number of hydrogen-bond acceptors (Lipinski definition) is 5. The second kappa shape index (κ2) is 14.0. The van der Waals surface area contributed by atoms with Crippen molar-refractivity contribution in [1.82, 2.24) is 10.2 Å². The highest BCUT2D eigenvalue weighted by atomic mass is 35.5. The number of likely N-dealkylation sites (N-methyl/N-ethyl adjacent to an activating group) is 1. The Balaban J connectivity index is 1.80. The predicted molar refractivity (Wildman–Crippen MR) is 164 cm³/mol. The summed E-state index contributed by atoms with van der Waals surface area (Å²) in [4.78, 5) is 29.0. The van der Waals surface area contributed by atoms with E-state index in [0.29, 0.717) is 11.3 Å². The number of sulfonamides is 1. The Morgan fingerprint density at radius 1 is 0.857 bits per heavy atom. The zero-order chi connectivity index (χ0) is 30.1. The molecule has 0 saturated heterocycles. The lowest BCUT2D eigenvalue weighted by Crippen LogP contribution is -2.53. The highest BCUT2D eigenvalue weighted by Gasteiger charge is 2.35. The first kappa shape index (κ1) is 30.6. The van der Waals surface area contributed by atoms with Gasteiger partial charge in [-0.05, 0) is 47.5 Å². The van der Waals surface area contributed by atoms with Crippen molar-refractivity contribution in [2.75, 3.05) is 25.0 Å².